The van der Waals surface area contributed by atoms with Gasteiger partial charge in [-0.3, -0.25) is 4.79 Å². The van der Waals surface area contributed by atoms with E-state index in [2.05, 4.69) is 20.6 Å². The van der Waals surface area contributed by atoms with E-state index in [1.165, 1.54) is 25.2 Å². The van der Waals surface area contributed by atoms with Crippen molar-refractivity contribution in [3.05, 3.63) is 42.2 Å². The molecule has 6 nitrogen and oxygen atoms in total. The van der Waals surface area contributed by atoms with E-state index >= 15 is 0 Å². The lowest BCUT2D eigenvalue weighted by Gasteiger charge is -2.12. The first-order valence-electron chi connectivity index (χ1n) is 7.79. The Morgan fingerprint density at radius 1 is 1.17 bits per heavy atom. The van der Waals surface area contributed by atoms with Gasteiger partial charge < -0.3 is 15.4 Å². The van der Waals surface area contributed by atoms with E-state index in [4.69, 9.17) is 4.74 Å². The van der Waals surface area contributed by atoms with Gasteiger partial charge in [-0.25, -0.2) is 9.97 Å². The molecule has 2 N–H and O–H groups in total. The van der Waals surface area contributed by atoms with Crippen molar-refractivity contribution in [2.24, 2.45) is 0 Å². The summed E-state index contributed by atoms with van der Waals surface area (Å²) in [5.74, 6) is 0.925. The predicted molar refractivity (Wildman–Crippen MR) is 88.9 cm³/mol. The minimum atomic E-state index is -0.262. The molecule has 23 heavy (non-hydrogen) atoms. The largest absolute Gasteiger partial charge is 0.495 e. The van der Waals surface area contributed by atoms with Crippen LogP contribution in [-0.4, -0.2) is 29.0 Å². The molecule has 0 radical (unpaired) electrons. The summed E-state index contributed by atoms with van der Waals surface area (Å²) in [6, 6.07) is 7.71. The Hall–Kier alpha value is -2.63. The van der Waals surface area contributed by atoms with Gasteiger partial charge in [0.25, 0.3) is 5.91 Å². The summed E-state index contributed by atoms with van der Waals surface area (Å²) in [6.45, 7) is 0. The van der Waals surface area contributed by atoms with Gasteiger partial charge in [0.15, 0.2) is 0 Å². The number of nitrogens with zero attached hydrogens (tertiary/aromatic N) is 2. The summed E-state index contributed by atoms with van der Waals surface area (Å²) in [6.07, 6.45) is 7.87. The first-order valence-corrected chi connectivity index (χ1v) is 7.79. The molecule has 1 aliphatic rings. The van der Waals surface area contributed by atoms with Crippen LogP contribution in [0.25, 0.3) is 0 Å². The molecule has 1 saturated carbocycles. The predicted octanol–water partition coefficient (Wildman–Crippen LogP) is 3.09. The number of para-hydroxylation sites is 2. The van der Waals surface area contributed by atoms with Crippen LogP contribution in [0, 0.1) is 0 Å². The van der Waals surface area contributed by atoms with E-state index in [1.54, 1.807) is 19.2 Å². The highest BCUT2D eigenvalue weighted by molar-refractivity contribution is 6.04. The highest BCUT2D eigenvalue weighted by Crippen LogP contribution is 2.24. The van der Waals surface area contributed by atoms with Crippen LogP contribution in [0.5, 0.6) is 5.75 Å². The van der Waals surface area contributed by atoms with E-state index in [9.17, 15) is 4.79 Å². The second-order valence-electron chi connectivity index (χ2n) is 5.58. The van der Waals surface area contributed by atoms with Crippen molar-refractivity contribution in [2.75, 3.05) is 17.7 Å². The van der Waals surface area contributed by atoms with Gasteiger partial charge in [0.2, 0.25) is 5.95 Å². The van der Waals surface area contributed by atoms with Gasteiger partial charge in [-0.05, 0) is 25.0 Å². The SMILES string of the molecule is COc1ccccc1NC(=O)c1cnc(NC2CCCC2)nc1. The number of hydrogen-bond acceptors (Lipinski definition) is 5. The molecule has 0 spiro atoms. The molecular weight excluding hydrogens is 292 g/mol. The summed E-state index contributed by atoms with van der Waals surface area (Å²) in [5.41, 5.74) is 1.03. The molecule has 1 aliphatic carbocycles. The molecule has 120 valence electrons. The quantitative estimate of drug-likeness (QED) is 0.887. The minimum absolute atomic E-state index is 0.262. The van der Waals surface area contributed by atoms with Crippen LogP contribution >= 0.6 is 0 Å². The Balaban J connectivity index is 1.65. The van der Waals surface area contributed by atoms with Crippen LogP contribution in [0.3, 0.4) is 0 Å². The Kier molecular flexibility index (Phi) is 4.71. The van der Waals surface area contributed by atoms with Gasteiger partial charge in [0, 0.05) is 18.4 Å². The monoisotopic (exact) mass is 312 g/mol. The second kappa shape index (κ2) is 7.09. The molecule has 0 atom stereocenters. The first kappa shape index (κ1) is 15.3. The summed E-state index contributed by atoms with van der Waals surface area (Å²) in [4.78, 5) is 20.7. The van der Waals surface area contributed by atoms with Crippen LogP contribution in [0.15, 0.2) is 36.7 Å². The van der Waals surface area contributed by atoms with E-state index in [0.717, 1.165) is 12.8 Å². The number of amides is 1. The molecule has 1 heterocycles. The van der Waals surface area contributed by atoms with Gasteiger partial charge in [-0.1, -0.05) is 25.0 Å². The van der Waals surface area contributed by atoms with Gasteiger partial charge in [-0.15, -0.1) is 0 Å². The lowest BCUT2D eigenvalue weighted by Crippen LogP contribution is -2.18. The fourth-order valence-electron chi connectivity index (χ4n) is 2.71. The molecule has 0 unspecified atom stereocenters. The summed E-state index contributed by atoms with van der Waals surface area (Å²) < 4.78 is 5.22. The maximum Gasteiger partial charge on any atom is 0.258 e. The number of hydrogen-bond donors (Lipinski definition) is 2. The van der Waals surface area contributed by atoms with Crippen molar-refractivity contribution in [1.29, 1.82) is 0 Å². The fourth-order valence-corrected chi connectivity index (χ4v) is 2.71. The molecule has 1 fully saturated rings. The van der Waals surface area contributed by atoms with E-state index in [1.807, 2.05) is 12.1 Å². The normalized spacial score (nSPS) is 14.5. The smallest absolute Gasteiger partial charge is 0.258 e. The van der Waals surface area contributed by atoms with Crippen molar-refractivity contribution in [2.45, 2.75) is 31.7 Å². The Bertz CT molecular complexity index is 667. The lowest BCUT2D eigenvalue weighted by atomic mass is 10.2. The molecule has 2 aromatic rings. The molecular formula is C17H20N4O2. The maximum absolute atomic E-state index is 12.3. The van der Waals surface area contributed by atoms with E-state index in [-0.39, 0.29) is 5.91 Å². The molecule has 1 amide bonds. The van der Waals surface area contributed by atoms with Gasteiger partial charge in [0.1, 0.15) is 5.75 Å². The number of ether oxygens (including phenoxy) is 1. The molecule has 6 heteroatoms. The zero-order valence-electron chi connectivity index (χ0n) is 13.1. The number of carbonyl (C=O) groups excluding carboxylic acids is 1. The van der Waals surface area contributed by atoms with Crippen LogP contribution in [0.2, 0.25) is 0 Å². The number of anilines is 2. The van der Waals surface area contributed by atoms with Crippen molar-refractivity contribution >= 4 is 17.5 Å². The van der Waals surface area contributed by atoms with Crippen molar-refractivity contribution < 1.29 is 9.53 Å². The summed E-state index contributed by atoms with van der Waals surface area (Å²) in [7, 11) is 1.57. The van der Waals surface area contributed by atoms with Gasteiger partial charge in [-0.2, -0.15) is 0 Å². The molecule has 1 aromatic heterocycles. The van der Waals surface area contributed by atoms with E-state index in [0.29, 0.717) is 29.0 Å². The highest BCUT2D eigenvalue weighted by Gasteiger charge is 2.16. The number of aromatic nitrogens is 2. The van der Waals surface area contributed by atoms with Crippen molar-refractivity contribution in [1.82, 2.24) is 9.97 Å². The van der Waals surface area contributed by atoms with Gasteiger partial charge in [0.05, 0.1) is 18.4 Å². The number of methoxy groups -OCH3 is 1. The van der Waals surface area contributed by atoms with Crippen molar-refractivity contribution in [3.63, 3.8) is 0 Å². The number of nitrogens with one attached hydrogen (secondary N) is 2. The summed E-state index contributed by atoms with van der Waals surface area (Å²) >= 11 is 0. The third kappa shape index (κ3) is 3.77. The number of carbonyl (C=O) groups is 1. The van der Waals surface area contributed by atoms with Gasteiger partial charge >= 0.3 is 0 Å². The third-order valence-corrected chi connectivity index (χ3v) is 3.96. The van der Waals surface area contributed by atoms with Crippen LogP contribution in [0.1, 0.15) is 36.0 Å². The fraction of sp³-hybridized carbons (Fsp3) is 0.353. The highest BCUT2D eigenvalue weighted by atomic mass is 16.5. The van der Waals surface area contributed by atoms with Crippen LogP contribution < -0.4 is 15.4 Å². The molecule has 1 aromatic carbocycles. The molecule has 0 aliphatic heterocycles. The third-order valence-electron chi connectivity index (χ3n) is 3.96. The van der Waals surface area contributed by atoms with Crippen molar-refractivity contribution in [3.8, 4) is 5.75 Å². The average Bonchev–Trinajstić information content (AvgIpc) is 3.09. The topological polar surface area (TPSA) is 76.1 Å². The second-order valence-corrected chi connectivity index (χ2v) is 5.58. The number of rotatable bonds is 5. The Morgan fingerprint density at radius 2 is 1.87 bits per heavy atom. The summed E-state index contributed by atoms with van der Waals surface area (Å²) in [5, 5.41) is 6.11. The number of benzene rings is 1. The Morgan fingerprint density at radius 3 is 2.57 bits per heavy atom. The standard InChI is InChI=1S/C17H20N4O2/c1-23-15-9-5-4-8-14(15)21-16(22)12-10-18-17(19-11-12)20-13-6-2-3-7-13/h4-5,8-11,13H,2-3,6-7H2,1H3,(H,21,22)(H,18,19,20). The van der Waals surface area contributed by atoms with Crippen LogP contribution in [0.4, 0.5) is 11.6 Å². The maximum atomic E-state index is 12.3. The molecule has 0 saturated heterocycles. The Labute approximate surface area is 135 Å². The lowest BCUT2D eigenvalue weighted by molar-refractivity contribution is 0.102. The average molecular weight is 312 g/mol. The van der Waals surface area contributed by atoms with Crippen LogP contribution in [-0.2, 0) is 0 Å². The first-order chi connectivity index (χ1) is 11.3. The molecule has 3 rings (SSSR count). The zero-order chi connectivity index (χ0) is 16.1. The van der Waals surface area contributed by atoms with E-state index < -0.39 is 0 Å². The molecule has 0 bridgehead atoms. The zero-order valence-corrected chi connectivity index (χ0v) is 13.1. The minimum Gasteiger partial charge on any atom is -0.495 e.